The first-order chi connectivity index (χ1) is 6.91. The van der Waals surface area contributed by atoms with Crippen molar-refractivity contribution in [1.82, 2.24) is 0 Å². The predicted octanol–water partition coefficient (Wildman–Crippen LogP) is 2.72. The van der Waals surface area contributed by atoms with Crippen molar-refractivity contribution in [3.05, 3.63) is 0 Å². The second-order valence-corrected chi connectivity index (χ2v) is 6.48. The Bertz CT molecular complexity index is 229. The van der Waals surface area contributed by atoms with Gasteiger partial charge in [0.2, 0.25) is 0 Å². The van der Waals surface area contributed by atoms with Crippen LogP contribution in [0.4, 0.5) is 0 Å². The van der Waals surface area contributed by atoms with Gasteiger partial charge in [0, 0.05) is 11.8 Å². The third kappa shape index (κ3) is 1.94. The maximum absolute atomic E-state index is 5.96. The van der Waals surface area contributed by atoms with Gasteiger partial charge >= 0.3 is 0 Å². The number of fused-ring (bicyclic) bond motifs is 1. The van der Waals surface area contributed by atoms with Crippen LogP contribution in [0.15, 0.2) is 0 Å². The van der Waals surface area contributed by atoms with E-state index < -0.39 is 0 Å². The van der Waals surface area contributed by atoms with E-state index in [4.69, 9.17) is 9.47 Å². The van der Waals surface area contributed by atoms with E-state index in [1.54, 1.807) is 0 Å². The summed E-state index contributed by atoms with van der Waals surface area (Å²) >= 11 is 0. The minimum atomic E-state index is 0.297. The van der Waals surface area contributed by atoms with Crippen LogP contribution in [-0.4, -0.2) is 25.4 Å². The Kier molecular flexibility index (Phi) is 2.85. The number of rotatable bonds is 1. The molecular weight excluding hydrogens is 188 g/mol. The van der Waals surface area contributed by atoms with Gasteiger partial charge in [-0.05, 0) is 11.3 Å². The van der Waals surface area contributed by atoms with Gasteiger partial charge < -0.3 is 9.47 Å². The summed E-state index contributed by atoms with van der Waals surface area (Å²) in [4.78, 5) is 0. The molecule has 2 heterocycles. The van der Waals surface area contributed by atoms with E-state index in [1.165, 1.54) is 0 Å². The molecule has 4 atom stereocenters. The van der Waals surface area contributed by atoms with Crippen LogP contribution in [0.3, 0.4) is 0 Å². The van der Waals surface area contributed by atoms with E-state index in [9.17, 15) is 0 Å². The quantitative estimate of drug-likeness (QED) is 0.665. The molecule has 15 heavy (non-hydrogen) atoms. The summed E-state index contributed by atoms with van der Waals surface area (Å²) in [6.07, 6.45) is 0.701. The van der Waals surface area contributed by atoms with Gasteiger partial charge in [-0.15, -0.1) is 0 Å². The van der Waals surface area contributed by atoms with Gasteiger partial charge in [-0.3, -0.25) is 0 Å². The Balaban J connectivity index is 2.09. The van der Waals surface area contributed by atoms with Gasteiger partial charge in [-0.2, -0.15) is 0 Å². The van der Waals surface area contributed by atoms with E-state index >= 15 is 0 Å². The lowest BCUT2D eigenvalue weighted by Crippen LogP contribution is -2.34. The first-order valence-corrected chi connectivity index (χ1v) is 6.14. The molecule has 2 heteroatoms. The molecule has 88 valence electrons. The van der Waals surface area contributed by atoms with E-state index in [0.717, 1.165) is 13.2 Å². The van der Waals surface area contributed by atoms with Gasteiger partial charge in [0.25, 0.3) is 0 Å². The standard InChI is InChI=1S/C13H24O2/c1-8(2)9-6-14-12-10(13(3,4)5)7-15-11(9)12/h8-12H,6-7H2,1-5H3/t9-,10+,11?,12?/m0/s1. The Morgan fingerprint density at radius 1 is 1.00 bits per heavy atom. The third-order valence-electron chi connectivity index (χ3n) is 4.06. The van der Waals surface area contributed by atoms with Gasteiger partial charge in [0.1, 0.15) is 0 Å². The van der Waals surface area contributed by atoms with Crippen LogP contribution in [0.25, 0.3) is 0 Å². The molecule has 0 radical (unpaired) electrons. The summed E-state index contributed by atoms with van der Waals surface area (Å²) in [5.41, 5.74) is 0.297. The van der Waals surface area contributed by atoms with Crippen LogP contribution in [0, 0.1) is 23.2 Å². The highest BCUT2D eigenvalue weighted by Gasteiger charge is 2.51. The first kappa shape index (κ1) is 11.4. The van der Waals surface area contributed by atoms with E-state index in [-0.39, 0.29) is 0 Å². The molecule has 2 nitrogen and oxygen atoms in total. The Labute approximate surface area is 93.3 Å². The van der Waals surface area contributed by atoms with Crippen molar-refractivity contribution in [2.75, 3.05) is 13.2 Å². The predicted molar refractivity (Wildman–Crippen MR) is 60.8 cm³/mol. The molecule has 0 aromatic carbocycles. The fourth-order valence-electron chi connectivity index (χ4n) is 2.84. The van der Waals surface area contributed by atoms with Crippen molar-refractivity contribution in [1.29, 1.82) is 0 Å². The van der Waals surface area contributed by atoms with Gasteiger partial charge in [0.15, 0.2) is 0 Å². The molecule has 0 amide bonds. The molecule has 2 aliphatic rings. The SMILES string of the molecule is CC(C)[C@@H]1COC2C1OC[C@H]2C(C)(C)C. The molecule has 2 saturated heterocycles. The highest BCUT2D eigenvalue weighted by atomic mass is 16.6. The molecule has 2 unspecified atom stereocenters. The molecule has 2 rings (SSSR count). The van der Waals surface area contributed by atoms with Crippen molar-refractivity contribution in [3.63, 3.8) is 0 Å². The molecule has 2 fully saturated rings. The lowest BCUT2D eigenvalue weighted by Gasteiger charge is -2.29. The second kappa shape index (κ2) is 3.74. The molecule has 0 aromatic heterocycles. The van der Waals surface area contributed by atoms with Crippen LogP contribution in [0.1, 0.15) is 34.6 Å². The summed E-state index contributed by atoms with van der Waals surface area (Å²) < 4.78 is 11.9. The zero-order chi connectivity index (χ0) is 11.2. The lowest BCUT2D eigenvalue weighted by atomic mass is 9.76. The molecule has 0 N–H and O–H groups in total. The first-order valence-electron chi connectivity index (χ1n) is 6.14. The van der Waals surface area contributed by atoms with Crippen molar-refractivity contribution >= 4 is 0 Å². The monoisotopic (exact) mass is 212 g/mol. The number of hydrogen-bond donors (Lipinski definition) is 0. The molecule has 0 spiro atoms. The van der Waals surface area contributed by atoms with Gasteiger partial charge in [0.05, 0.1) is 25.4 Å². The summed E-state index contributed by atoms with van der Waals surface area (Å²) in [5.74, 6) is 1.83. The minimum absolute atomic E-state index is 0.297. The largest absolute Gasteiger partial charge is 0.375 e. The maximum atomic E-state index is 5.96. The normalized spacial score (nSPS) is 41.2. The Morgan fingerprint density at radius 2 is 1.60 bits per heavy atom. The highest BCUT2D eigenvalue weighted by Crippen LogP contribution is 2.44. The topological polar surface area (TPSA) is 18.5 Å². The zero-order valence-corrected chi connectivity index (χ0v) is 10.6. The molecule has 0 bridgehead atoms. The Morgan fingerprint density at radius 3 is 2.13 bits per heavy atom. The van der Waals surface area contributed by atoms with Gasteiger partial charge in [-0.25, -0.2) is 0 Å². The van der Waals surface area contributed by atoms with E-state index in [0.29, 0.717) is 35.4 Å². The van der Waals surface area contributed by atoms with Crippen LogP contribution in [0.2, 0.25) is 0 Å². The zero-order valence-electron chi connectivity index (χ0n) is 10.6. The summed E-state index contributed by atoms with van der Waals surface area (Å²) in [7, 11) is 0. The molecule has 0 saturated carbocycles. The second-order valence-electron chi connectivity index (χ2n) is 6.48. The molecule has 0 aromatic rings. The molecular formula is C13H24O2. The summed E-state index contributed by atoms with van der Waals surface area (Å²) in [6.45, 7) is 13.2. The summed E-state index contributed by atoms with van der Waals surface area (Å²) in [6, 6.07) is 0. The molecule has 0 aliphatic carbocycles. The number of hydrogen-bond acceptors (Lipinski definition) is 2. The highest BCUT2D eigenvalue weighted by molar-refractivity contribution is 4.98. The van der Waals surface area contributed by atoms with E-state index in [1.807, 2.05) is 0 Å². The maximum Gasteiger partial charge on any atom is 0.0895 e. The van der Waals surface area contributed by atoms with Crippen LogP contribution < -0.4 is 0 Å². The van der Waals surface area contributed by atoms with Crippen LogP contribution in [0.5, 0.6) is 0 Å². The Hall–Kier alpha value is -0.0800. The lowest BCUT2D eigenvalue weighted by molar-refractivity contribution is 0.0322. The van der Waals surface area contributed by atoms with Crippen molar-refractivity contribution in [2.24, 2.45) is 23.2 Å². The third-order valence-corrected chi connectivity index (χ3v) is 4.06. The van der Waals surface area contributed by atoms with Crippen molar-refractivity contribution in [3.8, 4) is 0 Å². The van der Waals surface area contributed by atoms with Crippen molar-refractivity contribution in [2.45, 2.75) is 46.8 Å². The fraction of sp³-hybridized carbons (Fsp3) is 1.00. The van der Waals surface area contributed by atoms with Crippen molar-refractivity contribution < 1.29 is 9.47 Å². The van der Waals surface area contributed by atoms with Crippen LogP contribution in [-0.2, 0) is 9.47 Å². The average molecular weight is 212 g/mol. The molecule has 2 aliphatic heterocycles. The minimum Gasteiger partial charge on any atom is -0.375 e. The van der Waals surface area contributed by atoms with E-state index in [2.05, 4.69) is 34.6 Å². The summed E-state index contributed by atoms with van der Waals surface area (Å²) in [5, 5.41) is 0. The average Bonchev–Trinajstić information content (AvgIpc) is 2.56. The smallest absolute Gasteiger partial charge is 0.0895 e. The number of ether oxygens (including phenoxy) is 2. The van der Waals surface area contributed by atoms with Gasteiger partial charge in [-0.1, -0.05) is 34.6 Å². The fourth-order valence-corrected chi connectivity index (χ4v) is 2.84. The van der Waals surface area contributed by atoms with Crippen LogP contribution >= 0.6 is 0 Å².